The first-order chi connectivity index (χ1) is 11.8. The number of hydrogen-bond donors (Lipinski definition) is 1. The van der Waals surface area contributed by atoms with E-state index in [0.29, 0.717) is 5.70 Å². The maximum absolute atomic E-state index is 12.4. The summed E-state index contributed by atoms with van der Waals surface area (Å²) in [5.41, 5.74) is 0.814. The Kier molecular flexibility index (Phi) is 5.41. The van der Waals surface area contributed by atoms with Crippen LogP contribution in [0.5, 0.6) is 0 Å². The summed E-state index contributed by atoms with van der Waals surface area (Å²) in [7, 11) is 2.47. The third-order valence-electron chi connectivity index (χ3n) is 4.40. The molecule has 0 amide bonds. The van der Waals surface area contributed by atoms with Crippen molar-refractivity contribution in [3.63, 3.8) is 0 Å². The lowest BCUT2D eigenvalue weighted by Gasteiger charge is -2.37. The zero-order chi connectivity index (χ0) is 18.7. The van der Waals surface area contributed by atoms with Crippen molar-refractivity contribution in [3.8, 4) is 0 Å². The summed E-state index contributed by atoms with van der Waals surface area (Å²) in [5, 5.41) is 14.5. The van der Waals surface area contributed by atoms with Crippen molar-refractivity contribution in [1.29, 1.82) is 0 Å². The fourth-order valence-corrected chi connectivity index (χ4v) is 3.34. The van der Waals surface area contributed by atoms with Gasteiger partial charge in [-0.2, -0.15) is 0 Å². The van der Waals surface area contributed by atoms with Crippen LogP contribution in [0.25, 0.3) is 0 Å². The number of benzene rings is 1. The molecule has 0 fully saturated rings. The van der Waals surface area contributed by atoms with Gasteiger partial charge < -0.3 is 14.8 Å². The molecule has 0 unspecified atom stereocenters. The predicted octanol–water partition coefficient (Wildman–Crippen LogP) is 1.91. The molecule has 1 aliphatic heterocycles. The van der Waals surface area contributed by atoms with Gasteiger partial charge in [-0.1, -0.05) is 18.2 Å². The minimum absolute atomic E-state index is 0.162. The molecule has 3 atom stereocenters. The van der Waals surface area contributed by atoms with E-state index < -0.39 is 28.7 Å². The summed E-state index contributed by atoms with van der Waals surface area (Å²) in [6.45, 7) is 3.44. The number of methoxy groups -OCH3 is 2. The van der Waals surface area contributed by atoms with E-state index in [1.54, 1.807) is 26.0 Å². The molecule has 0 aromatic heterocycles. The number of allylic oxidation sites excluding steroid dienone is 1. The van der Waals surface area contributed by atoms with Gasteiger partial charge in [0.2, 0.25) is 0 Å². The first-order valence-electron chi connectivity index (χ1n) is 7.70. The zero-order valence-electron chi connectivity index (χ0n) is 14.4. The second kappa shape index (κ2) is 7.33. The topological polar surface area (TPSA) is 108 Å². The van der Waals surface area contributed by atoms with Gasteiger partial charge in [-0.05, 0) is 13.8 Å². The molecule has 0 saturated carbocycles. The Hall–Kier alpha value is -2.90. The highest BCUT2D eigenvalue weighted by atomic mass is 16.6. The van der Waals surface area contributed by atoms with Gasteiger partial charge in [0.15, 0.2) is 0 Å². The Balaban J connectivity index is 2.76. The molecule has 0 spiro atoms. The molecule has 25 heavy (non-hydrogen) atoms. The fourth-order valence-electron chi connectivity index (χ4n) is 3.34. The van der Waals surface area contributed by atoms with Gasteiger partial charge in [-0.15, -0.1) is 0 Å². The number of nitrogens with zero attached hydrogens (tertiary/aromatic N) is 1. The van der Waals surface area contributed by atoms with Crippen LogP contribution in [0.3, 0.4) is 0 Å². The average Bonchev–Trinajstić information content (AvgIpc) is 2.59. The molecule has 1 aromatic carbocycles. The lowest BCUT2D eigenvalue weighted by atomic mass is 9.73. The molecular formula is C17H20N2O6. The second-order valence-corrected chi connectivity index (χ2v) is 5.81. The van der Waals surface area contributed by atoms with Gasteiger partial charge >= 0.3 is 11.9 Å². The number of nitro benzene ring substituents is 1. The molecule has 1 aromatic rings. The molecule has 0 saturated heterocycles. The van der Waals surface area contributed by atoms with Crippen LogP contribution in [0.4, 0.5) is 5.69 Å². The van der Waals surface area contributed by atoms with Crippen molar-refractivity contribution in [1.82, 2.24) is 5.32 Å². The van der Waals surface area contributed by atoms with Crippen molar-refractivity contribution in [2.24, 2.45) is 5.92 Å². The Labute approximate surface area is 145 Å². The number of carbonyl (C=O) groups is 2. The summed E-state index contributed by atoms with van der Waals surface area (Å²) in [4.78, 5) is 35.7. The van der Waals surface area contributed by atoms with Crippen LogP contribution in [-0.4, -0.2) is 37.1 Å². The van der Waals surface area contributed by atoms with Crippen LogP contribution in [-0.2, 0) is 19.1 Å². The van der Waals surface area contributed by atoms with E-state index in [2.05, 4.69) is 5.32 Å². The fraction of sp³-hybridized carbons (Fsp3) is 0.412. The Morgan fingerprint density at radius 3 is 2.40 bits per heavy atom. The lowest BCUT2D eigenvalue weighted by Crippen LogP contribution is -2.47. The van der Waals surface area contributed by atoms with Crippen molar-refractivity contribution in [3.05, 3.63) is 51.2 Å². The largest absolute Gasteiger partial charge is 0.469 e. The highest BCUT2D eigenvalue weighted by Gasteiger charge is 2.46. The van der Waals surface area contributed by atoms with Crippen LogP contribution in [0.15, 0.2) is 35.5 Å². The minimum atomic E-state index is -0.849. The maximum atomic E-state index is 12.4. The SMILES string of the molecule is COC(=O)C1=C(C)N[C@H](C)[C@@H](C(=O)OC)[C@@H]1c1ccccc1[N+](=O)[O-]. The number of esters is 2. The number of hydrogen-bond acceptors (Lipinski definition) is 7. The monoisotopic (exact) mass is 348 g/mol. The molecule has 0 bridgehead atoms. The molecule has 2 rings (SSSR count). The smallest absolute Gasteiger partial charge is 0.336 e. The summed E-state index contributed by atoms with van der Waals surface area (Å²) >= 11 is 0. The second-order valence-electron chi connectivity index (χ2n) is 5.81. The summed E-state index contributed by atoms with van der Waals surface area (Å²) in [6.07, 6.45) is 0. The van der Waals surface area contributed by atoms with Crippen LogP contribution in [0, 0.1) is 16.0 Å². The summed E-state index contributed by atoms with van der Waals surface area (Å²) in [5.74, 6) is -2.87. The van der Waals surface area contributed by atoms with Crippen LogP contribution < -0.4 is 5.32 Å². The summed E-state index contributed by atoms with van der Waals surface area (Å²) < 4.78 is 9.74. The van der Waals surface area contributed by atoms with Gasteiger partial charge in [0.25, 0.3) is 5.69 Å². The number of carbonyl (C=O) groups excluding carboxylic acids is 2. The number of nitro groups is 1. The van der Waals surface area contributed by atoms with E-state index in [-0.39, 0.29) is 22.9 Å². The molecule has 1 N–H and O–H groups in total. The number of nitrogens with one attached hydrogen (secondary N) is 1. The zero-order valence-corrected chi connectivity index (χ0v) is 14.4. The van der Waals surface area contributed by atoms with E-state index in [1.807, 2.05) is 0 Å². The molecule has 1 heterocycles. The number of para-hydroxylation sites is 1. The first kappa shape index (κ1) is 18.4. The maximum Gasteiger partial charge on any atom is 0.336 e. The molecule has 8 heteroatoms. The van der Waals surface area contributed by atoms with Crippen molar-refractivity contribution >= 4 is 17.6 Å². The summed E-state index contributed by atoms with van der Waals surface area (Å²) in [6, 6.07) is 5.68. The van der Waals surface area contributed by atoms with Crippen LogP contribution >= 0.6 is 0 Å². The van der Waals surface area contributed by atoms with Gasteiger partial charge in [0, 0.05) is 29.3 Å². The molecule has 8 nitrogen and oxygen atoms in total. The van der Waals surface area contributed by atoms with E-state index in [4.69, 9.17) is 9.47 Å². The van der Waals surface area contributed by atoms with E-state index in [1.165, 1.54) is 26.4 Å². The van der Waals surface area contributed by atoms with E-state index in [9.17, 15) is 19.7 Å². The Morgan fingerprint density at radius 1 is 1.20 bits per heavy atom. The number of rotatable bonds is 4. The van der Waals surface area contributed by atoms with Crippen molar-refractivity contribution < 1.29 is 24.0 Å². The van der Waals surface area contributed by atoms with Crippen molar-refractivity contribution in [2.75, 3.05) is 14.2 Å². The first-order valence-corrected chi connectivity index (χ1v) is 7.70. The standard InChI is InChI=1S/C17H20N2O6/c1-9-13(16(20)24-3)15(14(10(2)18-9)17(21)25-4)11-7-5-6-8-12(11)19(22)23/h5-9,13,15,18H,1-4H3/t9-,13-,15+/m1/s1. The van der Waals surface area contributed by atoms with E-state index in [0.717, 1.165) is 0 Å². The van der Waals surface area contributed by atoms with Crippen LogP contribution in [0.1, 0.15) is 25.3 Å². The average molecular weight is 348 g/mol. The molecule has 134 valence electrons. The molecule has 1 aliphatic rings. The van der Waals surface area contributed by atoms with Gasteiger partial charge in [-0.3, -0.25) is 14.9 Å². The normalized spacial score (nSPS) is 22.8. The molecule has 0 radical (unpaired) electrons. The van der Waals surface area contributed by atoms with Gasteiger partial charge in [0.1, 0.15) is 0 Å². The highest BCUT2D eigenvalue weighted by Crippen LogP contribution is 2.43. The number of ether oxygens (including phenoxy) is 2. The van der Waals surface area contributed by atoms with Gasteiger partial charge in [-0.25, -0.2) is 4.79 Å². The van der Waals surface area contributed by atoms with Crippen molar-refractivity contribution in [2.45, 2.75) is 25.8 Å². The van der Waals surface area contributed by atoms with E-state index >= 15 is 0 Å². The minimum Gasteiger partial charge on any atom is -0.469 e. The molecule has 0 aliphatic carbocycles. The predicted molar refractivity (Wildman–Crippen MR) is 88.7 cm³/mol. The van der Waals surface area contributed by atoms with Gasteiger partial charge in [0.05, 0.1) is 30.6 Å². The molecular weight excluding hydrogens is 328 g/mol. The highest BCUT2D eigenvalue weighted by molar-refractivity contribution is 5.93. The Morgan fingerprint density at radius 2 is 1.84 bits per heavy atom. The third kappa shape index (κ3) is 3.33. The lowest BCUT2D eigenvalue weighted by molar-refractivity contribution is -0.385. The Bertz CT molecular complexity index is 742. The third-order valence-corrected chi connectivity index (χ3v) is 4.40. The van der Waals surface area contributed by atoms with Crippen LogP contribution in [0.2, 0.25) is 0 Å². The quantitative estimate of drug-likeness (QED) is 0.503.